The van der Waals surface area contributed by atoms with E-state index < -0.39 is 0 Å². The summed E-state index contributed by atoms with van der Waals surface area (Å²) >= 11 is 0. The van der Waals surface area contributed by atoms with Crippen molar-refractivity contribution in [3.8, 4) is 0 Å². The zero-order chi connectivity index (χ0) is 10.2. The summed E-state index contributed by atoms with van der Waals surface area (Å²) in [6.45, 7) is 2.19. The van der Waals surface area contributed by atoms with Gasteiger partial charge < -0.3 is 10.2 Å². The van der Waals surface area contributed by atoms with Crippen molar-refractivity contribution in [2.45, 2.75) is 19.8 Å². The Labute approximate surface area is 81.7 Å². The molecule has 1 aliphatic carbocycles. The topological polar surface area (TPSA) is 81.2 Å². The summed E-state index contributed by atoms with van der Waals surface area (Å²) in [7, 11) is 0. The number of carbonyl (C=O) groups excluding carboxylic acids is 1. The van der Waals surface area contributed by atoms with E-state index in [2.05, 4.69) is 10.3 Å². The van der Waals surface area contributed by atoms with E-state index in [9.17, 15) is 4.79 Å². The Bertz CT molecular complexity index is 355. The van der Waals surface area contributed by atoms with Crippen molar-refractivity contribution < 1.29 is 9.21 Å². The highest BCUT2D eigenvalue weighted by molar-refractivity contribution is 5.95. The number of oxazole rings is 1. The van der Waals surface area contributed by atoms with E-state index in [1.807, 2.05) is 0 Å². The minimum absolute atomic E-state index is 0.0816. The molecule has 0 radical (unpaired) electrons. The third kappa shape index (κ3) is 1.50. The Morgan fingerprint density at radius 3 is 2.93 bits per heavy atom. The Hall–Kier alpha value is -1.36. The van der Waals surface area contributed by atoms with Crippen molar-refractivity contribution in [3.05, 3.63) is 12.0 Å². The molecule has 0 atom stereocenters. The van der Waals surface area contributed by atoms with Crippen LogP contribution in [0.4, 0.5) is 6.01 Å². The molecule has 0 bridgehead atoms. The lowest BCUT2D eigenvalue weighted by atomic mass is 10.1. The number of amides is 1. The van der Waals surface area contributed by atoms with E-state index in [1.54, 1.807) is 6.92 Å². The molecule has 5 heteroatoms. The molecule has 1 heterocycles. The molecule has 0 saturated heterocycles. The summed E-state index contributed by atoms with van der Waals surface area (Å²) in [5.41, 5.74) is 5.91. The second-order valence-corrected chi connectivity index (χ2v) is 3.73. The maximum Gasteiger partial charge on any atom is 0.301 e. The van der Waals surface area contributed by atoms with Gasteiger partial charge in [0.1, 0.15) is 6.26 Å². The first-order valence-corrected chi connectivity index (χ1v) is 4.60. The molecule has 1 amide bonds. The normalized spacial score (nSPS) is 17.9. The van der Waals surface area contributed by atoms with Gasteiger partial charge in [-0.1, -0.05) is 0 Å². The molecule has 0 aromatic carbocycles. The number of rotatable bonds is 3. The van der Waals surface area contributed by atoms with Crippen LogP contribution >= 0.6 is 0 Å². The van der Waals surface area contributed by atoms with Crippen LogP contribution in [0.3, 0.4) is 0 Å². The van der Waals surface area contributed by atoms with Crippen molar-refractivity contribution in [1.29, 1.82) is 0 Å². The van der Waals surface area contributed by atoms with Gasteiger partial charge in [0.05, 0.1) is 11.1 Å². The van der Waals surface area contributed by atoms with Crippen molar-refractivity contribution in [2.24, 2.45) is 11.1 Å². The second kappa shape index (κ2) is 3.09. The van der Waals surface area contributed by atoms with Gasteiger partial charge in [-0.05, 0) is 19.8 Å². The first-order chi connectivity index (χ1) is 6.66. The van der Waals surface area contributed by atoms with Crippen molar-refractivity contribution in [2.75, 3.05) is 11.9 Å². The second-order valence-electron chi connectivity index (χ2n) is 3.73. The molecule has 1 aromatic rings. The number of nitrogens with two attached hydrogens (primary N) is 1. The van der Waals surface area contributed by atoms with E-state index in [-0.39, 0.29) is 17.3 Å². The molecular weight excluding hydrogens is 182 g/mol. The zero-order valence-corrected chi connectivity index (χ0v) is 8.04. The van der Waals surface area contributed by atoms with Crippen LogP contribution in [0.25, 0.3) is 0 Å². The number of anilines is 1. The number of hydrogen-bond acceptors (Lipinski definition) is 4. The molecule has 0 aliphatic heterocycles. The Morgan fingerprint density at radius 1 is 1.79 bits per heavy atom. The summed E-state index contributed by atoms with van der Waals surface area (Å²) in [6, 6.07) is 0.257. The largest absolute Gasteiger partial charge is 0.432 e. The molecule has 0 spiro atoms. The smallest absolute Gasteiger partial charge is 0.301 e. The van der Waals surface area contributed by atoms with E-state index in [1.165, 1.54) is 6.26 Å². The summed E-state index contributed by atoms with van der Waals surface area (Å²) in [5, 5.41) is 2.62. The average molecular weight is 195 g/mol. The van der Waals surface area contributed by atoms with Gasteiger partial charge in [-0.3, -0.25) is 10.1 Å². The molecule has 1 aromatic heterocycles. The fourth-order valence-electron chi connectivity index (χ4n) is 1.32. The zero-order valence-electron chi connectivity index (χ0n) is 8.04. The van der Waals surface area contributed by atoms with Gasteiger partial charge in [-0.25, -0.2) is 0 Å². The van der Waals surface area contributed by atoms with Gasteiger partial charge in [0.2, 0.25) is 5.91 Å². The van der Waals surface area contributed by atoms with Crippen LogP contribution in [0, 0.1) is 12.3 Å². The highest BCUT2D eigenvalue weighted by Gasteiger charge is 2.48. The van der Waals surface area contributed by atoms with Crippen LogP contribution < -0.4 is 11.1 Å². The predicted octanol–water partition coefficient (Wildman–Crippen LogP) is 0.660. The molecule has 1 fully saturated rings. The Balaban J connectivity index is 2.01. The highest BCUT2D eigenvalue weighted by Crippen LogP contribution is 2.45. The number of nitrogens with one attached hydrogen (secondary N) is 1. The minimum Gasteiger partial charge on any atom is -0.432 e. The third-order valence-electron chi connectivity index (χ3n) is 2.57. The van der Waals surface area contributed by atoms with Crippen LogP contribution in [0.5, 0.6) is 0 Å². The van der Waals surface area contributed by atoms with Crippen LogP contribution in [-0.4, -0.2) is 17.4 Å². The van der Waals surface area contributed by atoms with E-state index in [0.29, 0.717) is 6.54 Å². The molecule has 1 aliphatic rings. The van der Waals surface area contributed by atoms with Crippen LogP contribution in [0.1, 0.15) is 18.5 Å². The monoisotopic (exact) mass is 195 g/mol. The summed E-state index contributed by atoms with van der Waals surface area (Å²) in [6.07, 6.45) is 3.21. The maximum absolute atomic E-state index is 11.6. The quantitative estimate of drug-likeness (QED) is 0.742. The lowest BCUT2D eigenvalue weighted by molar-refractivity contribution is -0.120. The molecule has 3 N–H and O–H groups in total. The SMILES string of the molecule is Cc1coc(NC(=O)C2(CN)CC2)n1. The first kappa shape index (κ1) is 9.21. The number of aromatic nitrogens is 1. The summed E-state index contributed by atoms with van der Waals surface area (Å²) < 4.78 is 5.02. The molecule has 2 rings (SSSR count). The van der Waals surface area contributed by atoms with Crippen LogP contribution in [-0.2, 0) is 4.79 Å². The molecule has 1 saturated carbocycles. The molecular formula is C9H13N3O2. The third-order valence-corrected chi connectivity index (χ3v) is 2.57. The first-order valence-electron chi connectivity index (χ1n) is 4.60. The Morgan fingerprint density at radius 2 is 2.50 bits per heavy atom. The average Bonchev–Trinajstić information content (AvgIpc) is 2.87. The van der Waals surface area contributed by atoms with Crippen molar-refractivity contribution in [3.63, 3.8) is 0 Å². The number of hydrogen-bond donors (Lipinski definition) is 2. The van der Waals surface area contributed by atoms with Crippen LogP contribution in [0.15, 0.2) is 10.7 Å². The van der Waals surface area contributed by atoms with Gasteiger partial charge in [-0.15, -0.1) is 0 Å². The molecule has 76 valence electrons. The fourth-order valence-corrected chi connectivity index (χ4v) is 1.32. The van der Waals surface area contributed by atoms with Crippen LogP contribution in [0.2, 0.25) is 0 Å². The van der Waals surface area contributed by atoms with Gasteiger partial charge >= 0.3 is 6.01 Å². The van der Waals surface area contributed by atoms with E-state index in [4.69, 9.17) is 10.2 Å². The lowest BCUT2D eigenvalue weighted by Crippen LogP contribution is -2.30. The van der Waals surface area contributed by atoms with Gasteiger partial charge in [0, 0.05) is 6.54 Å². The van der Waals surface area contributed by atoms with E-state index in [0.717, 1.165) is 18.5 Å². The predicted molar refractivity (Wildman–Crippen MR) is 50.6 cm³/mol. The number of nitrogens with zero attached hydrogens (tertiary/aromatic N) is 1. The summed E-state index contributed by atoms with van der Waals surface area (Å²) in [4.78, 5) is 15.6. The lowest BCUT2D eigenvalue weighted by Gasteiger charge is -2.09. The standard InChI is InChI=1S/C9H13N3O2/c1-6-4-14-8(11-6)12-7(13)9(5-10)2-3-9/h4H,2-3,5,10H2,1H3,(H,11,12,13). The maximum atomic E-state index is 11.6. The van der Waals surface area contributed by atoms with E-state index >= 15 is 0 Å². The van der Waals surface area contributed by atoms with Crippen molar-refractivity contribution in [1.82, 2.24) is 4.98 Å². The van der Waals surface area contributed by atoms with Gasteiger partial charge in [0.15, 0.2) is 0 Å². The fraction of sp³-hybridized carbons (Fsp3) is 0.556. The Kier molecular flexibility index (Phi) is 2.03. The highest BCUT2D eigenvalue weighted by atomic mass is 16.4. The minimum atomic E-state index is -0.359. The summed E-state index contributed by atoms with van der Waals surface area (Å²) in [5.74, 6) is -0.0816. The van der Waals surface area contributed by atoms with Gasteiger partial charge in [-0.2, -0.15) is 4.98 Å². The van der Waals surface area contributed by atoms with Crippen molar-refractivity contribution >= 4 is 11.9 Å². The number of carbonyl (C=O) groups is 1. The molecule has 5 nitrogen and oxygen atoms in total. The number of aryl methyl sites for hydroxylation is 1. The molecule has 14 heavy (non-hydrogen) atoms. The molecule has 0 unspecified atom stereocenters. The van der Waals surface area contributed by atoms with Gasteiger partial charge in [0.25, 0.3) is 0 Å².